The second kappa shape index (κ2) is 8.82. The van der Waals surface area contributed by atoms with Gasteiger partial charge in [-0.3, -0.25) is 0 Å². The van der Waals surface area contributed by atoms with E-state index in [1.54, 1.807) is 12.1 Å². The molecule has 2 heterocycles. The van der Waals surface area contributed by atoms with E-state index < -0.39 is 41.4 Å². The summed E-state index contributed by atoms with van der Waals surface area (Å²) in [5.74, 6) is -0.179. The molecule has 26 heavy (non-hydrogen) atoms. The Hall–Kier alpha value is -0.269. The first-order valence-corrected chi connectivity index (χ1v) is 13.6. The first-order chi connectivity index (χ1) is 12.7. The van der Waals surface area contributed by atoms with E-state index in [0.29, 0.717) is 12.7 Å². The maximum atomic E-state index is 13.4. The van der Waals surface area contributed by atoms with Crippen molar-refractivity contribution in [2.75, 3.05) is 13.2 Å². The van der Waals surface area contributed by atoms with Crippen molar-refractivity contribution >= 4 is 41.4 Å². The zero-order chi connectivity index (χ0) is 17.9. The summed E-state index contributed by atoms with van der Waals surface area (Å²) in [6.07, 6.45) is 2.97. The van der Waals surface area contributed by atoms with Crippen molar-refractivity contribution in [3.05, 3.63) is 71.0 Å². The Kier molecular flexibility index (Phi) is 6.47. The van der Waals surface area contributed by atoms with Crippen LogP contribution in [-0.4, -0.2) is 72.3 Å². The van der Waals surface area contributed by atoms with Crippen LogP contribution in [0.25, 0.3) is 0 Å². The monoisotopic (exact) mass is 429 g/mol. The molecule has 0 bridgehead atoms. The molecular weight excluding hydrogens is 405 g/mol. The predicted molar refractivity (Wildman–Crippen MR) is 101 cm³/mol. The van der Waals surface area contributed by atoms with Crippen LogP contribution in [0.4, 0.5) is 4.39 Å². The van der Waals surface area contributed by atoms with Crippen LogP contribution in [0, 0.1) is 5.82 Å². The Morgan fingerprint density at radius 1 is 1.12 bits per heavy atom. The molecule has 0 aromatic heterocycles. The van der Waals surface area contributed by atoms with E-state index in [2.05, 4.69) is 24.6 Å². The second-order valence-electron chi connectivity index (χ2n) is 7.41. The Morgan fingerprint density at radius 3 is 2.69 bits per heavy atom. The van der Waals surface area contributed by atoms with Gasteiger partial charge in [0.1, 0.15) is 0 Å². The number of ether oxygens (including phenoxy) is 1. The van der Waals surface area contributed by atoms with Crippen molar-refractivity contribution < 1.29 is 14.2 Å². The van der Waals surface area contributed by atoms with Crippen LogP contribution in [0.1, 0.15) is 35.6 Å². The zero-order valence-corrected chi connectivity index (χ0v) is 18.5. The summed E-state index contributed by atoms with van der Waals surface area (Å²) in [6, 6.07) is 16.0. The molecule has 1 saturated heterocycles. The van der Waals surface area contributed by atoms with Crippen LogP contribution in [0.5, 0.6) is 0 Å². The molecule has 2 aromatic rings. The first-order valence-electron chi connectivity index (χ1n) is 9.57. The fourth-order valence-corrected chi connectivity index (χ4v) is 9.44. The van der Waals surface area contributed by atoms with Crippen LogP contribution in [0.2, 0.25) is 1.39 Å². The molecule has 0 saturated carbocycles. The van der Waals surface area contributed by atoms with Crippen molar-refractivity contribution in [3.8, 4) is 0 Å². The van der Waals surface area contributed by atoms with E-state index >= 15 is 0 Å². The third kappa shape index (κ3) is 4.41. The summed E-state index contributed by atoms with van der Waals surface area (Å²) in [5.41, 5.74) is 3.98. The molecule has 2 aliphatic rings. The van der Waals surface area contributed by atoms with Gasteiger partial charge in [0.05, 0.1) is 0 Å². The number of rotatable bonds is 4. The second-order valence-corrected chi connectivity index (χ2v) is 11.9. The maximum absolute atomic E-state index is 13.4. The van der Waals surface area contributed by atoms with Crippen molar-refractivity contribution in [2.24, 2.45) is 0 Å². The van der Waals surface area contributed by atoms with Crippen molar-refractivity contribution in [2.45, 2.75) is 38.9 Å². The van der Waals surface area contributed by atoms with Crippen LogP contribution < -0.4 is 0 Å². The number of halogens is 1. The van der Waals surface area contributed by atoms with E-state index in [0.717, 1.165) is 25.8 Å². The molecule has 1 N–H and O–H groups in total. The van der Waals surface area contributed by atoms with Crippen molar-refractivity contribution in [1.29, 1.82) is 0 Å². The fourth-order valence-electron chi connectivity index (χ4n) is 4.22. The minimum atomic E-state index is -1.24. The van der Waals surface area contributed by atoms with Gasteiger partial charge in [-0.15, -0.1) is 0 Å². The minimum absolute atomic E-state index is 0.179. The van der Waals surface area contributed by atoms with Gasteiger partial charge in [-0.25, -0.2) is 0 Å². The van der Waals surface area contributed by atoms with Gasteiger partial charge in [0.25, 0.3) is 0 Å². The molecule has 2 aromatic carbocycles. The van der Waals surface area contributed by atoms with E-state index in [9.17, 15) is 9.50 Å². The number of fused-ring (bicyclic) bond motifs is 1. The molecule has 5 heteroatoms. The number of aliphatic hydroxyl groups is 1. The van der Waals surface area contributed by atoms with Crippen LogP contribution in [0.15, 0.2) is 48.5 Å². The summed E-state index contributed by atoms with van der Waals surface area (Å²) >= 11 is -1.24. The molecular formula is C21H24FNO2Sr. The zero-order valence-electron chi connectivity index (χ0n) is 15.0. The third-order valence-electron chi connectivity index (χ3n) is 5.65. The molecule has 3 atom stereocenters. The normalized spacial score (nSPS) is 26.2. The molecule has 0 unspecified atom stereocenters. The van der Waals surface area contributed by atoms with E-state index in [-0.39, 0.29) is 18.0 Å². The summed E-state index contributed by atoms with van der Waals surface area (Å²) in [6.45, 7) is 1.57. The van der Waals surface area contributed by atoms with E-state index in [1.807, 2.05) is 12.1 Å². The Balaban J connectivity index is 1.54. The van der Waals surface area contributed by atoms with Crippen molar-refractivity contribution in [3.63, 3.8) is 0 Å². The number of hydrogen-bond acceptors (Lipinski definition) is 3. The van der Waals surface area contributed by atoms with Crippen molar-refractivity contribution in [1.82, 2.24) is 0.368 Å². The quantitative estimate of drug-likeness (QED) is 0.758. The number of hydrogen-bond donors (Lipinski definition) is 1. The molecule has 3 nitrogen and oxygen atoms in total. The van der Waals surface area contributed by atoms with Crippen LogP contribution in [-0.2, 0) is 11.2 Å². The molecule has 0 spiro atoms. The summed E-state index contributed by atoms with van der Waals surface area (Å²) < 4.78 is 23.1. The van der Waals surface area contributed by atoms with Gasteiger partial charge in [-0.05, 0) is 0 Å². The molecule has 2 aliphatic heterocycles. The topological polar surface area (TPSA) is 32.7 Å². The first kappa shape index (κ1) is 19.1. The summed E-state index contributed by atoms with van der Waals surface area (Å²) in [4.78, 5) is 0. The Bertz CT molecular complexity index is 731. The van der Waals surface area contributed by atoms with Gasteiger partial charge in [0.15, 0.2) is 0 Å². The number of aliphatic hydroxyl groups excluding tert-OH is 1. The molecule has 0 aliphatic carbocycles. The molecule has 4 rings (SSSR count). The molecule has 134 valence electrons. The Morgan fingerprint density at radius 2 is 1.92 bits per heavy atom. The van der Waals surface area contributed by atoms with Gasteiger partial charge < -0.3 is 0 Å². The molecule has 0 amide bonds. The third-order valence-corrected chi connectivity index (χ3v) is 11.0. The van der Waals surface area contributed by atoms with Crippen LogP contribution >= 0.6 is 0 Å². The van der Waals surface area contributed by atoms with Gasteiger partial charge in [0.2, 0.25) is 0 Å². The van der Waals surface area contributed by atoms with Crippen LogP contribution in [0.3, 0.4) is 0 Å². The fraction of sp³-hybridized carbons (Fsp3) is 0.429. The molecule has 1 fully saturated rings. The molecule has 0 radical (unpaired) electrons. The predicted octanol–water partition coefficient (Wildman–Crippen LogP) is 3.35. The summed E-state index contributed by atoms with van der Waals surface area (Å²) in [5, 5.41) is 9.62. The summed E-state index contributed by atoms with van der Waals surface area (Å²) in [7, 11) is 0. The average Bonchev–Trinajstić information content (AvgIpc) is 2.68. The standard InChI is InChI=1S/C15H13FN.C6H11O2.Sr/c16-13-7-5-12(6-8-13)15-14-4-2-1-3-11(14)9-10-17-15;1-5-2-3-6(7)4-8-5;/h1-8,15H,9-10H2;5-7H,1-4H2;/q-1;;+1/t15-;5-,6-;/m01./s1. The van der Waals surface area contributed by atoms with Gasteiger partial charge >= 0.3 is 179 Å². The van der Waals surface area contributed by atoms with Gasteiger partial charge in [0, 0.05) is 0 Å². The average molecular weight is 429 g/mol. The number of nitrogens with zero attached hydrogens (tertiary/aromatic N) is 1. The van der Waals surface area contributed by atoms with Gasteiger partial charge in [-0.2, -0.15) is 0 Å². The van der Waals surface area contributed by atoms with E-state index in [4.69, 9.17) is 4.74 Å². The van der Waals surface area contributed by atoms with E-state index in [1.165, 1.54) is 18.1 Å². The van der Waals surface area contributed by atoms with Gasteiger partial charge in [-0.1, -0.05) is 0 Å². The Labute approximate surface area is 177 Å². The number of benzene rings is 2. The SMILES string of the molecule is O[C@@H]1CC[C@@H]([CH2][Sr][N]2CCc3ccccc3[C@@H]2c2ccc(F)cc2)OC1.